The van der Waals surface area contributed by atoms with Gasteiger partial charge in [-0.1, -0.05) is 45.8 Å². The van der Waals surface area contributed by atoms with Gasteiger partial charge in [0.25, 0.3) is 0 Å². The normalized spacial score (nSPS) is 11.3. The van der Waals surface area contributed by atoms with Crippen LogP contribution >= 0.6 is 0 Å². The maximum atomic E-state index is 11.5. The minimum absolute atomic E-state index is 0.133. The number of nitrogens with zero attached hydrogens (tertiary/aromatic N) is 1. The van der Waals surface area contributed by atoms with Crippen molar-refractivity contribution in [2.75, 3.05) is 26.2 Å². The van der Waals surface area contributed by atoms with E-state index in [1.807, 2.05) is 6.08 Å². The first-order valence-corrected chi connectivity index (χ1v) is 7.38. The molecule has 3 nitrogen and oxygen atoms in total. The van der Waals surface area contributed by atoms with Gasteiger partial charge in [-0.2, -0.15) is 0 Å². The van der Waals surface area contributed by atoms with Gasteiger partial charge in [0.2, 0.25) is 5.91 Å². The van der Waals surface area contributed by atoms with Crippen LogP contribution in [0.25, 0.3) is 0 Å². The molecule has 0 aliphatic heterocycles. The lowest BCUT2D eigenvalue weighted by Gasteiger charge is -2.17. The van der Waals surface area contributed by atoms with E-state index in [1.165, 1.54) is 19.3 Å². The van der Waals surface area contributed by atoms with E-state index in [0.29, 0.717) is 6.42 Å². The van der Waals surface area contributed by atoms with Crippen molar-refractivity contribution in [2.24, 2.45) is 0 Å². The van der Waals surface area contributed by atoms with Crippen molar-refractivity contribution < 1.29 is 4.79 Å². The van der Waals surface area contributed by atoms with Crippen LogP contribution in [0, 0.1) is 0 Å². The number of unbranched alkanes of at least 4 members (excludes halogenated alkanes) is 3. The number of allylic oxidation sites excluding steroid dienone is 1. The minimum atomic E-state index is 0.133. The summed E-state index contributed by atoms with van der Waals surface area (Å²) in [5.74, 6) is 0.133. The monoisotopic (exact) mass is 254 g/mol. The molecule has 0 bridgehead atoms. The molecule has 106 valence electrons. The second-order valence-corrected chi connectivity index (χ2v) is 4.55. The lowest BCUT2D eigenvalue weighted by Crippen LogP contribution is -2.34. The van der Waals surface area contributed by atoms with E-state index in [0.717, 1.165) is 32.6 Å². The van der Waals surface area contributed by atoms with E-state index >= 15 is 0 Å². The number of hydrogen-bond acceptors (Lipinski definition) is 2. The van der Waals surface area contributed by atoms with Crippen molar-refractivity contribution in [3.63, 3.8) is 0 Å². The van der Waals surface area contributed by atoms with Gasteiger partial charge in [-0.25, -0.2) is 0 Å². The summed E-state index contributed by atoms with van der Waals surface area (Å²) in [7, 11) is 0. The van der Waals surface area contributed by atoms with Crippen LogP contribution in [-0.4, -0.2) is 37.0 Å². The molecule has 3 heteroatoms. The first kappa shape index (κ1) is 17.2. The zero-order valence-corrected chi connectivity index (χ0v) is 12.4. The van der Waals surface area contributed by atoms with Gasteiger partial charge >= 0.3 is 0 Å². The van der Waals surface area contributed by atoms with Gasteiger partial charge in [0.05, 0.1) is 0 Å². The summed E-state index contributed by atoms with van der Waals surface area (Å²) in [6.45, 7) is 10.3. The molecule has 0 saturated carbocycles. The van der Waals surface area contributed by atoms with Gasteiger partial charge in [0.1, 0.15) is 0 Å². The molecule has 0 rings (SSSR count). The molecule has 1 N–H and O–H groups in total. The van der Waals surface area contributed by atoms with E-state index < -0.39 is 0 Å². The summed E-state index contributed by atoms with van der Waals surface area (Å²) in [5.41, 5.74) is 0. The average molecular weight is 254 g/mol. The standard InChI is InChI=1S/C15H30N2O/c1-4-7-8-9-10-11-12-15(18)16-13-14-17(5-2)6-3/h10-11H,4-9,12-14H2,1-3H3,(H,16,18)/b11-10+. The molecule has 18 heavy (non-hydrogen) atoms. The first-order chi connectivity index (χ1) is 8.74. The molecular weight excluding hydrogens is 224 g/mol. The Bertz CT molecular complexity index is 223. The number of carbonyl (C=O) groups is 1. The zero-order chi connectivity index (χ0) is 13.6. The van der Waals surface area contributed by atoms with Crippen LogP contribution in [0.5, 0.6) is 0 Å². The van der Waals surface area contributed by atoms with Crippen LogP contribution in [0.15, 0.2) is 12.2 Å². The lowest BCUT2D eigenvalue weighted by atomic mass is 10.2. The summed E-state index contributed by atoms with van der Waals surface area (Å²) in [6, 6.07) is 0. The second-order valence-electron chi connectivity index (χ2n) is 4.55. The molecule has 0 unspecified atom stereocenters. The molecule has 0 aromatic carbocycles. The number of carbonyl (C=O) groups excluding carboxylic acids is 1. The third-order valence-electron chi connectivity index (χ3n) is 3.09. The quantitative estimate of drug-likeness (QED) is 0.454. The summed E-state index contributed by atoms with van der Waals surface area (Å²) in [6.07, 6.45) is 9.49. The number of hydrogen-bond donors (Lipinski definition) is 1. The van der Waals surface area contributed by atoms with Crippen molar-refractivity contribution >= 4 is 5.91 Å². The fraction of sp³-hybridized carbons (Fsp3) is 0.800. The van der Waals surface area contributed by atoms with Gasteiger partial charge in [-0.05, 0) is 25.9 Å². The Labute approximate surface area is 113 Å². The topological polar surface area (TPSA) is 32.3 Å². The van der Waals surface area contributed by atoms with Gasteiger partial charge in [0.15, 0.2) is 0 Å². The van der Waals surface area contributed by atoms with E-state index in [9.17, 15) is 4.79 Å². The Balaban J connectivity index is 3.47. The molecule has 0 aromatic heterocycles. The minimum Gasteiger partial charge on any atom is -0.355 e. The molecule has 0 aromatic rings. The maximum absolute atomic E-state index is 11.5. The highest BCUT2D eigenvalue weighted by Crippen LogP contribution is 2.00. The number of nitrogens with one attached hydrogen (secondary N) is 1. The third kappa shape index (κ3) is 10.3. The summed E-state index contributed by atoms with van der Waals surface area (Å²) in [5, 5.41) is 2.95. The molecule has 0 aliphatic rings. The molecule has 0 radical (unpaired) electrons. The number of rotatable bonds is 11. The van der Waals surface area contributed by atoms with Crippen molar-refractivity contribution in [2.45, 2.75) is 52.9 Å². The lowest BCUT2D eigenvalue weighted by molar-refractivity contribution is -0.120. The van der Waals surface area contributed by atoms with E-state index in [-0.39, 0.29) is 5.91 Å². The van der Waals surface area contributed by atoms with Crippen molar-refractivity contribution in [3.05, 3.63) is 12.2 Å². The van der Waals surface area contributed by atoms with Crippen molar-refractivity contribution in [3.8, 4) is 0 Å². The molecule has 0 spiro atoms. The average Bonchev–Trinajstić information content (AvgIpc) is 2.39. The Hall–Kier alpha value is -0.830. The number of amides is 1. The van der Waals surface area contributed by atoms with Gasteiger partial charge < -0.3 is 10.2 Å². The maximum Gasteiger partial charge on any atom is 0.223 e. The summed E-state index contributed by atoms with van der Waals surface area (Å²) < 4.78 is 0. The highest BCUT2D eigenvalue weighted by atomic mass is 16.1. The Morgan fingerprint density at radius 2 is 1.83 bits per heavy atom. The van der Waals surface area contributed by atoms with Gasteiger partial charge in [0, 0.05) is 19.5 Å². The molecule has 0 aliphatic carbocycles. The SMILES string of the molecule is CCCCC/C=C/CC(=O)NCCN(CC)CC. The number of likely N-dealkylation sites (N-methyl/N-ethyl adjacent to an activating group) is 1. The largest absolute Gasteiger partial charge is 0.355 e. The molecule has 0 atom stereocenters. The van der Waals surface area contributed by atoms with Crippen molar-refractivity contribution in [1.29, 1.82) is 0 Å². The van der Waals surface area contributed by atoms with Crippen LogP contribution < -0.4 is 5.32 Å². The van der Waals surface area contributed by atoms with Crippen LogP contribution in [0.4, 0.5) is 0 Å². The van der Waals surface area contributed by atoms with E-state index in [2.05, 4.69) is 37.1 Å². The Morgan fingerprint density at radius 3 is 2.44 bits per heavy atom. The predicted molar refractivity (Wildman–Crippen MR) is 78.7 cm³/mol. The molecule has 1 amide bonds. The molecule has 0 saturated heterocycles. The predicted octanol–water partition coefficient (Wildman–Crippen LogP) is 2.97. The Morgan fingerprint density at radius 1 is 1.11 bits per heavy atom. The third-order valence-corrected chi connectivity index (χ3v) is 3.09. The first-order valence-electron chi connectivity index (χ1n) is 7.38. The highest BCUT2D eigenvalue weighted by Gasteiger charge is 2.00. The van der Waals surface area contributed by atoms with Crippen LogP contribution in [0.3, 0.4) is 0 Å². The second kappa shape index (κ2) is 12.6. The van der Waals surface area contributed by atoms with Crippen LogP contribution in [-0.2, 0) is 4.79 Å². The van der Waals surface area contributed by atoms with Gasteiger partial charge in [-0.3, -0.25) is 4.79 Å². The van der Waals surface area contributed by atoms with Crippen LogP contribution in [0.1, 0.15) is 52.9 Å². The fourth-order valence-corrected chi connectivity index (χ4v) is 1.79. The highest BCUT2D eigenvalue weighted by molar-refractivity contribution is 5.77. The smallest absolute Gasteiger partial charge is 0.223 e. The zero-order valence-electron chi connectivity index (χ0n) is 12.4. The summed E-state index contributed by atoms with van der Waals surface area (Å²) >= 11 is 0. The van der Waals surface area contributed by atoms with E-state index in [1.54, 1.807) is 0 Å². The molecular formula is C15H30N2O. The van der Waals surface area contributed by atoms with Crippen LogP contribution in [0.2, 0.25) is 0 Å². The van der Waals surface area contributed by atoms with Gasteiger partial charge in [-0.15, -0.1) is 0 Å². The summed E-state index contributed by atoms with van der Waals surface area (Å²) in [4.78, 5) is 13.8. The molecule has 0 heterocycles. The van der Waals surface area contributed by atoms with Crippen molar-refractivity contribution in [1.82, 2.24) is 10.2 Å². The molecule has 0 fully saturated rings. The fourth-order valence-electron chi connectivity index (χ4n) is 1.79. The van der Waals surface area contributed by atoms with E-state index in [4.69, 9.17) is 0 Å². The Kier molecular flexibility index (Phi) is 12.0.